The van der Waals surface area contributed by atoms with E-state index in [9.17, 15) is 0 Å². The van der Waals surface area contributed by atoms with Crippen molar-refractivity contribution in [3.05, 3.63) is 0 Å². The van der Waals surface area contributed by atoms with E-state index in [1.807, 2.05) is 7.05 Å². The minimum absolute atomic E-state index is 0.606. The Morgan fingerprint density at radius 1 is 1.44 bits per heavy atom. The Hall–Kier alpha value is -0.620. The number of hydrogen-bond donors (Lipinski definition) is 1. The smallest absolute Gasteiger partial charge is 0.209 e. The van der Waals surface area contributed by atoms with Crippen LogP contribution in [0.15, 0.2) is 5.16 Å². The van der Waals surface area contributed by atoms with Gasteiger partial charge < -0.3 is 5.32 Å². The predicted molar refractivity (Wildman–Crippen MR) is 73.6 cm³/mol. The van der Waals surface area contributed by atoms with Crippen LogP contribution in [0.5, 0.6) is 0 Å². The number of rotatable bonds is 7. The number of aryl methyl sites for hydroxylation is 1. The number of thioether (sulfide) groups is 1. The largest absolute Gasteiger partial charge is 0.313 e. The standard InChI is InChI=1S/C12H23N5S/c1-3-8-13-11(10-6-4-5-7-10)9-18-12-14-15-16-17(12)2/h10-11,13H,3-9H2,1-2H3. The van der Waals surface area contributed by atoms with E-state index in [-0.39, 0.29) is 0 Å². The molecule has 1 unspecified atom stereocenters. The number of tetrazole rings is 1. The van der Waals surface area contributed by atoms with Crippen molar-refractivity contribution >= 4 is 11.8 Å². The molecule has 6 heteroatoms. The zero-order valence-electron chi connectivity index (χ0n) is 11.3. The summed E-state index contributed by atoms with van der Waals surface area (Å²) in [4.78, 5) is 0. The summed E-state index contributed by atoms with van der Waals surface area (Å²) in [5.41, 5.74) is 0. The molecular weight excluding hydrogens is 246 g/mol. The maximum Gasteiger partial charge on any atom is 0.209 e. The van der Waals surface area contributed by atoms with Crippen LogP contribution >= 0.6 is 11.8 Å². The molecule has 1 atom stereocenters. The van der Waals surface area contributed by atoms with E-state index < -0.39 is 0 Å². The lowest BCUT2D eigenvalue weighted by Crippen LogP contribution is -2.37. The van der Waals surface area contributed by atoms with Crippen molar-refractivity contribution in [1.29, 1.82) is 0 Å². The number of nitrogens with zero attached hydrogens (tertiary/aromatic N) is 4. The fourth-order valence-corrected chi connectivity index (χ4v) is 3.60. The fourth-order valence-electron chi connectivity index (χ4n) is 2.56. The molecule has 1 aliphatic rings. The molecular formula is C12H23N5S. The average Bonchev–Trinajstić information content (AvgIpc) is 3.01. The van der Waals surface area contributed by atoms with Crippen molar-refractivity contribution in [2.24, 2.45) is 13.0 Å². The highest BCUT2D eigenvalue weighted by Crippen LogP contribution is 2.30. The summed E-state index contributed by atoms with van der Waals surface area (Å²) in [6.45, 7) is 3.33. The Labute approximate surface area is 113 Å². The summed E-state index contributed by atoms with van der Waals surface area (Å²) in [6, 6.07) is 0.606. The van der Waals surface area contributed by atoms with E-state index in [1.165, 1.54) is 32.1 Å². The molecule has 1 fully saturated rings. The van der Waals surface area contributed by atoms with Gasteiger partial charge in [-0.25, -0.2) is 4.68 Å². The summed E-state index contributed by atoms with van der Waals surface area (Å²) < 4.78 is 1.75. The molecule has 1 heterocycles. The molecule has 0 aromatic carbocycles. The van der Waals surface area contributed by atoms with E-state index in [0.29, 0.717) is 6.04 Å². The first kappa shape index (κ1) is 13.8. The van der Waals surface area contributed by atoms with E-state index in [2.05, 4.69) is 27.8 Å². The minimum Gasteiger partial charge on any atom is -0.313 e. The van der Waals surface area contributed by atoms with Crippen LogP contribution in [0.3, 0.4) is 0 Å². The van der Waals surface area contributed by atoms with Gasteiger partial charge in [-0.2, -0.15) is 0 Å². The minimum atomic E-state index is 0.606. The molecule has 0 aliphatic heterocycles. The summed E-state index contributed by atoms with van der Waals surface area (Å²) in [7, 11) is 1.90. The van der Waals surface area contributed by atoms with E-state index >= 15 is 0 Å². The maximum atomic E-state index is 4.03. The summed E-state index contributed by atoms with van der Waals surface area (Å²) in [5, 5.41) is 16.2. The third-order valence-corrected chi connectivity index (χ3v) is 4.73. The van der Waals surface area contributed by atoms with Gasteiger partial charge in [-0.1, -0.05) is 31.5 Å². The first-order valence-electron chi connectivity index (χ1n) is 6.89. The Morgan fingerprint density at radius 3 is 2.83 bits per heavy atom. The molecule has 102 valence electrons. The van der Waals surface area contributed by atoms with Crippen LogP contribution < -0.4 is 5.32 Å². The number of nitrogens with one attached hydrogen (secondary N) is 1. The van der Waals surface area contributed by atoms with Crippen molar-refractivity contribution in [1.82, 2.24) is 25.5 Å². The molecule has 1 N–H and O–H groups in total. The molecule has 1 aromatic rings. The molecule has 1 aromatic heterocycles. The van der Waals surface area contributed by atoms with Gasteiger partial charge in [-0.15, -0.1) is 5.10 Å². The van der Waals surface area contributed by atoms with Crippen LogP contribution in [0.1, 0.15) is 39.0 Å². The monoisotopic (exact) mass is 269 g/mol. The second-order valence-corrected chi connectivity index (χ2v) is 5.99. The van der Waals surface area contributed by atoms with Crippen LogP contribution in [-0.2, 0) is 7.05 Å². The second kappa shape index (κ2) is 7.09. The van der Waals surface area contributed by atoms with Gasteiger partial charge in [0.15, 0.2) is 0 Å². The molecule has 0 spiro atoms. The zero-order valence-corrected chi connectivity index (χ0v) is 12.1. The highest BCUT2D eigenvalue weighted by molar-refractivity contribution is 7.99. The van der Waals surface area contributed by atoms with Crippen LogP contribution in [0.25, 0.3) is 0 Å². The quantitative estimate of drug-likeness (QED) is 0.766. The van der Waals surface area contributed by atoms with Crippen LogP contribution in [-0.4, -0.2) is 38.5 Å². The third kappa shape index (κ3) is 3.68. The number of aromatic nitrogens is 4. The molecule has 5 nitrogen and oxygen atoms in total. The molecule has 1 aliphatic carbocycles. The molecule has 0 amide bonds. The summed E-state index contributed by atoms with van der Waals surface area (Å²) >= 11 is 1.76. The van der Waals surface area contributed by atoms with Gasteiger partial charge in [0, 0.05) is 18.8 Å². The first-order valence-corrected chi connectivity index (χ1v) is 7.88. The van der Waals surface area contributed by atoms with Crippen molar-refractivity contribution in [2.75, 3.05) is 12.3 Å². The fraction of sp³-hybridized carbons (Fsp3) is 0.917. The van der Waals surface area contributed by atoms with E-state index in [0.717, 1.165) is 23.4 Å². The van der Waals surface area contributed by atoms with Gasteiger partial charge >= 0.3 is 0 Å². The third-order valence-electron chi connectivity index (χ3n) is 3.60. The van der Waals surface area contributed by atoms with Gasteiger partial charge in [0.25, 0.3) is 0 Å². The zero-order chi connectivity index (χ0) is 12.8. The van der Waals surface area contributed by atoms with Crippen LogP contribution in [0.2, 0.25) is 0 Å². The molecule has 0 saturated heterocycles. The van der Waals surface area contributed by atoms with E-state index in [1.54, 1.807) is 16.4 Å². The number of hydrogen-bond acceptors (Lipinski definition) is 5. The van der Waals surface area contributed by atoms with Gasteiger partial charge in [0.2, 0.25) is 5.16 Å². The van der Waals surface area contributed by atoms with Gasteiger partial charge in [0.1, 0.15) is 0 Å². The normalized spacial score (nSPS) is 18.3. The highest BCUT2D eigenvalue weighted by atomic mass is 32.2. The molecule has 18 heavy (non-hydrogen) atoms. The molecule has 0 bridgehead atoms. The van der Waals surface area contributed by atoms with Crippen LogP contribution in [0.4, 0.5) is 0 Å². The average molecular weight is 269 g/mol. The Bertz CT molecular complexity index is 348. The van der Waals surface area contributed by atoms with Crippen LogP contribution in [0, 0.1) is 5.92 Å². The maximum absolute atomic E-state index is 4.03. The van der Waals surface area contributed by atoms with Crippen molar-refractivity contribution in [3.8, 4) is 0 Å². The first-order chi connectivity index (χ1) is 8.81. The SMILES string of the molecule is CCCNC(CSc1nnnn1C)C1CCCC1. The lowest BCUT2D eigenvalue weighted by atomic mass is 10.00. The lowest BCUT2D eigenvalue weighted by Gasteiger charge is -2.24. The summed E-state index contributed by atoms with van der Waals surface area (Å²) in [6.07, 6.45) is 6.73. The van der Waals surface area contributed by atoms with Gasteiger partial charge in [0.05, 0.1) is 0 Å². The van der Waals surface area contributed by atoms with Gasteiger partial charge in [-0.3, -0.25) is 0 Å². The Kier molecular flexibility index (Phi) is 5.44. The molecule has 2 rings (SSSR count). The van der Waals surface area contributed by atoms with Crippen molar-refractivity contribution < 1.29 is 0 Å². The molecule has 1 saturated carbocycles. The topological polar surface area (TPSA) is 55.6 Å². The van der Waals surface area contributed by atoms with Gasteiger partial charge in [-0.05, 0) is 42.2 Å². The van der Waals surface area contributed by atoms with E-state index in [4.69, 9.17) is 0 Å². The highest BCUT2D eigenvalue weighted by Gasteiger charge is 2.25. The second-order valence-electron chi connectivity index (χ2n) is 5.00. The molecule has 0 radical (unpaired) electrons. The Morgan fingerprint density at radius 2 is 2.22 bits per heavy atom. The van der Waals surface area contributed by atoms with Crippen molar-refractivity contribution in [3.63, 3.8) is 0 Å². The lowest BCUT2D eigenvalue weighted by molar-refractivity contribution is 0.387. The van der Waals surface area contributed by atoms with Crippen molar-refractivity contribution in [2.45, 2.75) is 50.2 Å². The predicted octanol–water partition coefficient (Wildman–Crippen LogP) is 1.86. The summed E-state index contributed by atoms with van der Waals surface area (Å²) in [5.74, 6) is 1.91. The Balaban J connectivity index is 1.86.